The van der Waals surface area contributed by atoms with E-state index in [4.69, 9.17) is 0 Å². The van der Waals surface area contributed by atoms with Crippen molar-refractivity contribution in [3.05, 3.63) is 0 Å². The van der Waals surface area contributed by atoms with Crippen LogP contribution in [0, 0.1) is 11.8 Å². The van der Waals surface area contributed by atoms with Crippen LogP contribution in [0.5, 0.6) is 0 Å². The van der Waals surface area contributed by atoms with Crippen molar-refractivity contribution in [3.8, 4) is 0 Å². The molecule has 0 saturated heterocycles. The van der Waals surface area contributed by atoms with E-state index in [-0.39, 0.29) is 0 Å². The van der Waals surface area contributed by atoms with Gasteiger partial charge in [0.15, 0.2) is 0 Å². The molecule has 0 aromatic carbocycles. The van der Waals surface area contributed by atoms with Crippen LogP contribution in [0.4, 0.5) is 0 Å². The summed E-state index contributed by atoms with van der Waals surface area (Å²) >= 11 is 0. The second-order valence-electron chi connectivity index (χ2n) is 6.09. The third kappa shape index (κ3) is 3.48. The van der Waals surface area contributed by atoms with Crippen LogP contribution in [0.25, 0.3) is 0 Å². The maximum Gasteiger partial charge on any atom is 0.00721 e. The van der Waals surface area contributed by atoms with Crippen molar-refractivity contribution < 1.29 is 0 Å². The van der Waals surface area contributed by atoms with E-state index < -0.39 is 0 Å². The van der Waals surface area contributed by atoms with Crippen LogP contribution in [-0.4, -0.2) is 12.1 Å². The molecule has 0 bridgehead atoms. The standard InChI is InChI=1S/C14H27N/c1-11-6-8-13(9-7-11)15-14-5-3-4-12(2)10-14/h11-15H,3-10H2,1-2H3. The van der Waals surface area contributed by atoms with Gasteiger partial charge in [0.2, 0.25) is 0 Å². The van der Waals surface area contributed by atoms with Crippen LogP contribution < -0.4 is 5.32 Å². The Hall–Kier alpha value is -0.0400. The monoisotopic (exact) mass is 209 g/mol. The first-order valence-corrected chi connectivity index (χ1v) is 7.00. The molecular formula is C14H27N. The molecule has 2 unspecified atom stereocenters. The van der Waals surface area contributed by atoms with Crippen LogP contribution in [0.1, 0.15) is 65.2 Å². The van der Waals surface area contributed by atoms with Crippen molar-refractivity contribution in [3.63, 3.8) is 0 Å². The minimum Gasteiger partial charge on any atom is -0.311 e. The molecule has 0 aromatic rings. The summed E-state index contributed by atoms with van der Waals surface area (Å²) in [4.78, 5) is 0. The van der Waals surface area contributed by atoms with E-state index >= 15 is 0 Å². The number of hydrogen-bond donors (Lipinski definition) is 1. The number of hydrogen-bond acceptors (Lipinski definition) is 1. The first-order valence-electron chi connectivity index (χ1n) is 7.00. The third-order valence-electron chi connectivity index (χ3n) is 4.42. The van der Waals surface area contributed by atoms with Crippen molar-refractivity contribution in [1.82, 2.24) is 5.32 Å². The second-order valence-corrected chi connectivity index (χ2v) is 6.09. The van der Waals surface area contributed by atoms with Crippen molar-refractivity contribution in [2.24, 2.45) is 11.8 Å². The van der Waals surface area contributed by atoms with Gasteiger partial charge in [0.05, 0.1) is 0 Å². The molecule has 88 valence electrons. The lowest BCUT2D eigenvalue weighted by atomic mass is 9.84. The van der Waals surface area contributed by atoms with E-state index in [1.54, 1.807) is 0 Å². The fraction of sp³-hybridized carbons (Fsp3) is 1.00. The van der Waals surface area contributed by atoms with Crippen molar-refractivity contribution >= 4 is 0 Å². The van der Waals surface area contributed by atoms with Gasteiger partial charge in [-0.2, -0.15) is 0 Å². The highest BCUT2D eigenvalue weighted by Crippen LogP contribution is 2.27. The Bertz CT molecular complexity index is 182. The van der Waals surface area contributed by atoms with Gasteiger partial charge in [-0.25, -0.2) is 0 Å². The highest BCUT2D eigenvalue weighted by molar-refractivity contribution is 4.82. The van der Waals surface area contributed by atoms with Crippen molar-refractivity contribution in [2.75, 3.05) is 0 Å². The quantitative estimate of drug-likeness (QED) is 0.730. The van der Waals surface area contributed by atoms with Crippen LogP contribution in [0.15, 0.2) is 0 Å². The van der Waals surface area contributed by atoms with Gasteiger partial charge in [-0.15, -0.1) is 0 Å². The van der Waals surface area contributed by atoms with Crippen molar-refractivity contribution in [1.29, 1.82) is 0 Å². The summed E-state index contributed by atoms with van der Waals surface area (Å²) in [6, 6.07) is 1.68. The predicted molar refractivity (Wildman–Crippen MR) is 66.0 cm³/mol. The summed E-state index contributed by atoms with van der Waals surface area (Å²) in [6.45, 7) is 4.82. The number of rotatable bonds is 2. The zero-order valence-corrected chi connectivity index (χ0v) is 10.5. The zero-order valence-electron chi connectivity index (χ0n) is 10.5. The molecule has 2 atom stereocenters. The second kappa shape index (κ2) is 5.34. The first kappa shape index (κ1) is 11.4. The highest BCUT2D eigenvalue weighted by Gasteiger charge is 2.23. The van der Waals surface area contributed by atoms with Gasteiger partial charge in [0.25, 0.3) is 0 Å². The molecule has 0 aromatic heterocycles. The Morgan fingerprint density at radius 1 is 0.733 bits per heavy atom. The van der Waals surface area contributed by atoms with E-state index in [0.717, 1.165) is 23.9 Å². The van der Waals surface area contributed by atoms with Crippen LogP contribution in [0.3, 0.4) is 0 Å². The maximum absolute atomic E-state index is 3.91. The average molecular weight is 209 g/mol. The summed E-state index contributed by atoms with van der Waals surface area (Å²) < 4.78 is 0. The predicted octanol–water partition coefficient (Wildman–Crippen LogP) is 3.73. The molecule has 1 heteroatoms. The molecule has 2 rings (SSSR count). The van der Waals surface area contributed by atoms with Gasteiger partial charge in [0, 0.05) is 12.1 Å². The van der Waals surface area contributed by atoms with Gasteiger partial charge >= 0.3 is 0 Å². The van der Waals surface area contributed by atoms with E-state index in [2.05, 4.69) is 19.2 Å². The summed E-state index contributed by atoms with van der Waals surface area (Å²) in [7, 11) is 0. The Kier molecular flexibility index (Phi) is 4.07. The normalized spacial score (nSPS) is 42.8. The average Bonchev–Trinajstić information content (AvgIpc) is 2.22. The lowest BCUT2D eigenvalue weighted by molar-refractivity contribution is 0.236. The SMILES string of the molecule is CC1CCC(NC2CCCC(C)C2)CC1. The molecule has 0 heterocycles. The zero-order chi connectivity index (χ0) is 10.7. The Morgan fingerprint density at radius 2 is 1.47 bits per heavy atom. The maximum atomic E-state index is 3.91. The largest absolute Gasteiger partial charge is 0.311 e. The molecule has 0 amide bonds. The van der Waals surface area contributed by atoms with E-state index in [1.807, 2.05) is 0 Å². The van der Waals surface area contributed by atoms with Gasteiger partial charge in [-0.1, -0.05) is 26.7 Å². The molecule has 1 N–H and O–H groups in total. The highest BCUT2D eigenvalue weighted by atomic mass is 15.0. The summed E-state index contributed by atoms with van der Waals surface area (Å²) in [5.41, 5.74) is 0. The van der Waals surface area contributed by atoms with Crippen LogP contribution >= 0.6 is 0 Å². The molecule has 2 aliphatic carbocycles. The van der Waals surface area contributed by atoms with Gasteiger partial charge in [-0.05, 0) is 50.4 Å². The van der Waals surface area contributed by atoms with Crippen LogP contribution in [0.2, 0.25) is 0 Å². The minimum atomic E-state index is 0.840. The fourth-order valence-corrected chi connectivity index (χ4v) is 3.35. The third-order valence-corrected chi connectivity index (χ3v) is 4.42. The molecule has 0 radical (unpaired) electrons. The summed E-state index contributed by atoms with van der Waals surface area (Å²) in [5.74, 6) is 1.94. The molecule has 0 aliphatic heterocycles. The molecular weight excluding hydrogens is 182 g/mol. The Labute approximate surface area is 95.0 Å². The first-order chi connectivity index (χ1) is 7.24. The molecule has 0 spiro atoms. The van der Waals surface area contributed by atoms with E-state index in [0.29, 0.717) is 0 Å². The Balaban J connectivity index is 1.71. The number of nitrogens with one attached hydrogen (secondary N) is 1. The summed E-state index contributed by atoms with van der Waals surface area (Å²) in [5, 5.41) is 3.91. The van der Waals surface area contributed by atoms with E-state index in [9.17, 15) is 0 Å². The smallest absolute Gasteiger partial charge is 0.00721 e. The lowest BCUT2D eigenvalue weighted by Crippen LogP contribution is -2.42. The topological polar surface area (TPSA) is 12.0 Å². The van der Waals surface area contributed by atoms with Gasteiger partial charge < -0.3 is 5.32 Å². The minimum absolute atomic E-state index is 0.840. The molecule has 1 nitrogen and oxygen atoms in total. The Morgan fingerprint density at radius 3 is 2.13 bits per heavy atom. The van der Waals surface area contributed by atoms with Gasteiger partial charge in [-0.3, -0.25) is 0 Å². The van der Waals surface area contributed by atoms with Gasteiger partial charge in [0.1, 0.15) is 0 Å². The van der Waals surface area contributed by atoms with E-state index in [1.165, 1.54) is 51.4 Å². The summed E-state index contributed by atoms with van der Waals surface area (Å²) in [6.07, 6.45) is 11.5. The van der Waals surface area contributed by atoms with Crippen LogP contribution in [-0.2, 0) is 0 Å². The fourth-order valence-electron chi connectivity index (χ4n) is 3.35. The lowest BCUT2D eigenvalue weighted by Gasteiger charge is -2.34. The molecule has 15 heavy (non-hydrogen) atoms. The molecule has 2 fully saturated rings. The van der Waals surface area contributed by atoms with Crippen molar-refractivity contribution in [2.45, 2.75) is 77.3 Å². The molecule has 2 aliphatic rings. The molecule has 2 saturated carbocycles.